The van der Waals surface area contributed by atoms with Crippen molar-refractivity contribution < 1.29 is 0 Å². The molecule has 0 aromatic heterocycles. The molecule has 1 saturated carbocycles. The monoisotopic (exact) mass is 273 g/mol. The van der Waals surface area contributed by atoms with E-state index in [1.807, 2.05) is 0 Å². The third-order valence-corrected chi connectivity index (χ3v) is 4.86. The van der Waals surface area contributed by atoms with Gasteiger partial charge in [0.2, 0.25) is 0 Å². The molecule has 0 aliphatic heterocycles. The van der Waals surface area contributed by atoms with Crippen LogP contribution in [0.3, 0.4) is 0 Å². The summed E-state index contributed by atoms with van der Waals surface area (Å²) in [5.41, 5.74) is 6.49. The molecule has 0 spiro atoms. The molecule has 0 heterocycles. The molecule has 0 radical (unpaired) electrons. The zero-order valence-corrected chi connectivity index (χ0v) is 14.0. The lowest BCUT2D eigenvalue weighted by Gasteiger charge is -2.43. The molecule has 0 atom stereocenters. The van der Waals surface area contributed by atoms with Crippen molar-refractivity contribution in [2.45, 2.75) is 60.3 Å². The van der Waals surface area contributed by atoms with Gasteiger partial charge in [-0.1, -0.05) is 38.0 Å². The van der Waals surface area contributed by atoms with Crippen molar-refractivity contribution in [2.24, 2.45) is 11.3 Å². The number of rotatable bonds is 6. The van der Waals surface area contributed by atoms with E-state index in [1.54, 1.807) is 5.56 Å². The van der Waals surface area contributed by atoms with Gasteiger partial charge >= 0.3 is 0 Å². The minimum atomic E-state index is 0.527. The molecule has 2 rings (SSSR count). The molecule has 1 nitrogen and oxygen atoms in total. The normalized spacial score (nSPS) is 17.3. The van der Waals surface area contributed by atoms with Crippen LogP contribution < -0.4 is 5.32 Å². The van der Waals surface area contributed by atoms with Crippen molar-refractivity contribution >= 4 is 0 Å². The van der Waals surface area contributed by atoms with E-state index < -0.39 is 0 Å². The maximum Gasteiger partial charge on any atom is 0.00111 e. The van der Waals surface area contributed by atoms with Crippen LogP contribution in [0.25, 0.3) is 0 Å². The average Bonchev–Trinajstić information content (AvgIpc) is 2.28. The first-order valence-electron chi connectivity index (χ1n) is 8.19. The summed E-state index contributed by atoms with van der Waals surface area (Å²) in [4.78, 5) is 0. The van der Waals surface area contributed by atoms with Gasteiger partial charge in [-0.05, 0) is 74.6 Å². The van der Waals surface area contributed by atoms with Gasteiger partial charge in [0, 0.05) is 6.54 Å². The number of hydrogen-bond donors (Lipinski definition) is 1. The second kappa shape index (κ2) is 6.30. The van der Waals surface area contributed by atoms with Gasteiger partial charge in [-0.3, -0.25) is 0 Å². The molecule has 1 heteroatoms. The number of benzene rings is 1. The third-order valence-electron chi connectivity index (χ3n) is 4.86. The summed E-state index contributed by atoms with van der Waals surface area (Å²) < 4.78 is 0. The zero-order valence-electron chi connectivity index (χ0n) is 14.0. The maximum atomic E-state index is 3.70. The van der Waals surface area contributed by atoms with Gasteiger partial charge in [0.1, 0.15) is 0 Å². The highest BCUT2D eigenvalue weighted by molar-refractivity contribution is 5.38. The molecule has 0 amide bonds. The first kappa shape index (κ1) is 15.6. The SMILES string of the molecule is Cc1cc(C)c(CC2(CNCC(C)C)CCC2)c(C)c1. The minimum Gasteiger partial charge on any atom is -0.316 e. The molecule has 1 aromatic rings. The van der Waals surface area contributed by atoms with Crippen LogP contribution in [0.1, 0.15) is 55.4 Å². The lowest BCUT2D eigenvalue weighted by molar-refractivity contribution is 0.128. The van der Waals surface area contributed by atoms with Crippen molar-refractivity contribution in [1.82, 2.24) is 5.32 Å². The first-order chi connectivity index (χ1) is 9.42. The molecule has 1 aliphatic carbocycles. The van der Waals surface area contributed by atoms with Crippen LogP contribution in [-0.4, -0.2) is 13.1 Å². The topological polar surface area (TPSA) is 12.0 Å². The van der Waals surface area contributed by atoms with Crippen LogP contribution in [0.15, 0.2) is 12.1 Å². The van der Waals surface area contributed by atoms with Crippen LogP contribution in [0.5, 0.6) is 0 Å². The van der Waals surface area contributed by atoms with Crippen LogP contribution >= 0.6 is 0 Å². The lowest BCUT2D eigenvalue weighted by atomic mass is 9.64. The molecule has 0 unspecified atom stereocenters. The Hall–Kier alpha value is -0.820. The molecule has 1 N–H and O–H groups in total. The molecule has 1 aliphatic rings. The van der Waals surface area contributed by atoms with Gasteiger partial charge in [0.05, 0.1) is 0 Å². The van der Waals surface area contributed by atoms with E-state index in [-0.39, 0.29) is 0 Å². The van der Waals surface area contributed by atoms with Gasteiger partial charge in [-0.25, -0.2) is 0 Å². The molecule has 112 valence electrons. The Bertz CT molecular complexity index is 432. The molecule has 20 heavy (non-hydrogen) atoms. The highest BCUT2D eigenvalue weighted by atomic mass is 14.9. The van der Waals surface area contributed by atoms with Gasteiger partial charge in [0.15, 0.2) is 0 Å². The molecule has 1 aromatic carbocycles. The minimum absolute atomic E-state index is 0.527. The van der Waals surface area contributed by atoms with Crippen LogP contribution in [0.2, 0.25) is 0 Å². The summed E-state index contributed by atoms with van der Waals surface area (Å²) in [6, 6.07) is 4.69. The van der Waals surface area contributed by atoms with Crippen molar-refractivity contribution in [3.63, 3.8) is 0 Å². The van der Waals surface area contributed by atoms with Crippen molar-refractivity contribution in [3.05, 3.63) is 34.4 Å². The van der Waals surface area contributed by atoms with Crippen molar-refractivity contribution in [1.29, 1.82) is 0 Å². The Kier molecular flexibility index (Phi) is 4.90. The quantitative estimate of drug-likeness (QED) is 0.800. The molecule has 1 fully saturated rings. The fourth-order valence-corrected chi connectivity index (χ4v) is 3.58. The van der Waals surface area contributed by atoms with Crippen LogP contribution in [0, 0.1) is 32.1 Å². The van der Waals surface area contributed by atoms with E-state index in [1.165, 1.54) is 48.9 Å². The van der Waals surface area contributed by atoms with Gasteiger partial charge in [-0.2, -0.15) is 0 Å². The smallest absolute Gasteiger partial charge is 0.00111 e. The number of hydrogen-bond acceptors (Lipinski definition) is 1. The fourth-order valence-electron chi connectivity index (χ4n) is 3.58. The standard InChI is InChI=1S/C19H31N/c1-14(2)12-20-13-19(7-6-8-19)11-18-16(4)9-15(3)10-17(18)5/h9-10,14,20H,6-8,11-13H2,1-5H3. The summed E-state index contributed by atoms with van der Waals surface area (Å²) in [5, 5.41) is 3.70. The number of nitrogens with one attached hydrogen (secondary N) is 1. The third kappa shape index (κ3) is 3.63. The van der Waals surface area contributed by atoms with Crippen LogP contribution in [0.4, 0.5) is 0 Å². The average molecular weight is 273 g/mol. The Morgan fingerprint density at radius 2 is 1.70 bits per heavy atom. The first-order valence-corrected chi connectivity index (χ1v) is 8.19. The van der Waals surface area contributed by atoms with E-state index in [0.29, 0.717) is 5.41 Å². The second-order valence-electron chi connectivity index (χ2n) is 7.43. The van der Waals surface area contributed by atoms with Gasteiger partial charge in [0.25, 0.3) is 0 Å². The Morgan fingerprint density at radius 3 is 2.15 bits per heavy atom. The van der Waals surface area contributed by atoms with E-state index >= 15 is 0 Å². The maximum absolute atomic E-state index is 3.70. The van der Waals surface area contributed by atoms with Crippen molar-refractivity contribution in [3.8, 4) is 0 Å². The highest BCUT2D eigenvalue weighted by Crippen LogP contribution is 2.44. The Labute approximate surface area is 125 Å². The molecular weight excluding hydrogens is 242 g/mol. The Morgan fingerprint density at radius 1 is 1.10 bits per heavy atom. The van der Waals surface area contributed by atoms with E-state index in [9.17, 15) is 0 Å². The molecular formula is C19H31N. The summed E-state index contributed by atoms with van der Waals surface area (Å²) in [7, 11) is 0. The summed E-state index contributed by atoms with van der Waals surface area (Å²) >= 11 is 0. The van der Waals surface area contributed by atoms with E-state index in [0.717, 1.165) is 12.5 Å². The summed E-state index contributed by atoms with van der Waals surface area (Å²) in [6.07, 6.45) is 5.46. The van der Waals surface area contributed by atoms with Crippen molar-refractivity contribution in [2.75, 3.05) is 13.1 Å². The summed E-state index contributed by atoms with van der Waals surface area (Å²) in [5.74, 6) is 0.745. The van der Waals surface area contributed by atoms with Crippen LogP contribution in [-0.2, 0) is 6.42 Å². The highest BCUT2D eigenvalue weighted by Gasteiger charge is 2.37. The largest absolute Gasteiger partial charge is 0.316 e. The Balaban J connectivity index is 2.06. The molecule has 0 bridgehead atoms. The fraction of sp³-hybridized carbons (Fsp3) is 0.684. The van der Waals surface area contributed by atoms with Gasteiger partial charge < -0.3 is 5.32 Å². The van der Waals surface area contributed by atoms with Gasteiger partial charge in [-0.15, -0.1) is 0 Å². The predicted octanol–water partition coefficient (Wildman–Crippen LogP) is 4.57. The second-order valence-corrected chi connectivity index (χ2v) is 7.43. The van der Waals surface area contributed by atoms with E-state index in [2.05, 4.69) is 52.1 Å². The predicted molar refractivity (Wildman–Crippen MR) is 88.3 cm³/mol. The zero-order chi connectivity index (χ0) is 14.8. The summed E-state index contributed by atoms with van der Waals surface area (Å²) in [6.45, 7) is 13.7. The van der Waals surface area contributed by atoms with E-state index in [4.69, 9.17) is 0 Å². The molecule has 0 saturated heterocycles. The number of aryl methyl sites for hydroxylation is 3. The lowest BCUT2D eigenvalue weighted by Crippen LogP contribution is -2.42.